The van der Waals surface area contributed by atoms with Crippen LogP contribution >= 0.6 is 0 Å². The van der Waals surface area contributed by atoms with E-state index in [4.69, 9.17) is 0 Å². The molecule has 0 N–H and O–H groups in total. The van der Waals surface area contributed by atoms with E-state index in [1.807, 2.05) is 12.2 Å². The summed E-state index contributed by atoms with van der Waals surface area (Å²) in [4.78, 5) is 0. The van der Waals surface area contributed by atoms with Gasteiger partial charge in [-0.15, -0.1) is 0 Å². The summed E-state index contributed by atoms with van der Waals surface area (Å²) in [5.74, 6) is 0. The van der Waals surface area contributed by atoms with Gasteiger partial charge in [-0.25, -0.2) is 0 Å². The van der Waals surface area contributed by atoms with Crippen LogP contribution in [0.3, 0.4) is 0 Å². The summed E-state index contributed by atoms with van der Waals surface area (Å²) >= 11 is 0. The number of hydrogen-bond acceptors (Lipinski definition) is 0. The maximum absolute atomic E-state index is 4.28. The van der Waals surface area contributed by atoms with Gasteiger partial charge in [0.05, 0.1) is 0 Å². The van der Waals surface area contributed by atoms with Crippen molar-refractivity contribution in [3.8, 4) is 55.6 Å². The van der Waals surface area contributed by atoms with Crippen molar-refractivity contribution in [2.45, 2.75) is 13.8 Å². The fourth-order valence-corrected chi connectivity index (χ4v) is 8.35. The van der Waals surface area contributed by atoms with Gasteiger partial charge in [0.15, 0.2) is 0 Å². The molecule has 0 fully saturated rings. The zero-order valence-corrected chi connectivity index (χ0v) is 30.7. The zero-order chi connectivity index (χ0) is 36.8. The summed E-state index contributed by atoms with van der Waals surface area (Å²) in [6, 6.07) is 62.4. The molecule has 0 amide bonds. The third-order valence-electron chi connectivity index (χ3n) is 11.1. The first kappa shape index (κ1) is 33.1. The number of aryl methyl sites for hydroxylation is 2. The topological polar surface area (TPSA) is 0 Å². The van der Waals surface area contributed by atoms with E-state index in [1.165, 1.54) is 88.0 Å². The molecule has 256 valence electrons. The van der Waals surface area contributed by atoms with Crippen LogP contribution in [0.1, 0.15) is 22.3 Å². The fraction of sp³-hybridized carbons (Fsp3) is 0.0370. The van der Waals surface area contributed by atoms with Crippen LogP contribution in [0.15, 0.2) is 183 Å². The molecule has 0 aliphatic rings. The van der Waals surface area contributed by atoms with Gasteiger partial charge in [-0.1, -0.05) is 206 Å². The van der Waals surface area contributed by atoms with Gasteiger partial charge in [0.1, 0.15) is 0 Å². The quantitative estimate of drug-likeness (QED) is 0.156. The standard InChI is InChI=1S/C54H40/c1-5-39-40(6-2)49(29-27-41(39)37-23-19-35(3)20-24-37)50-31-32-53(46-16-10-9-15-45(46)50)54-34-33-52(47-17-11-12-18-48(47)54)51-30-28-42(38-25-21-36(4)22-26-38)43-13-7-8-14-44(43)51/h5-34H,1-2H2,3-4H3. The molecule has 9 rings (SSSR count). The molecule has 0 atom stereocenters. The van der Waals surface area contributed by atoms with Crippen molar-refractivity contribution >= 4 is 44.5 Å². The minimum atomic E-state index is 1.09. The molecule has 54 heavy (non-hydrogen) atoms. The van der Waals surface area contributed by atoms with Gasteiger partial charge < -0.3 is 0 Å². The first-order valence-corrected chi connectivity index (χ1v) is 18.7. The smallest absolute Gasteiger partial charge is 0.00987 e. The Labute approximate surface area is 318 Å². The molecular formula is C54H40. The predicted molar refractivity (Wildman–Crippen MR) is 236 cm³/mol. The van der Waals surface area contributed by atoms with Gasteiger partial charge in [0.25, 0.3) is 0 Å². The van der Waals surface area contributed by atoms with Crippen LogP contribution in [0.4, 0.5) is 0 Å². The third-order valence-corrected chi connectivity index (χ3v) is 11.1. The second kappa shape index (κ2) is 13.7. The van der Waals surface area contributed by atoms with E-state index in [9.17, 15) is 0 Å². The van der Waals surface area contributed by atoms with E-state index in [0.717, 1.165) is 22.3 Å². The largest absolute Gasteiger partial charge is 0.0984 e. The van der Waals surface area contributed by atoms with Gasteiger partial charge in [-0.3, -0.25) is 0 Å². The van der Waals surface area contributed by atoms with Crippen molar-refractivity contribution in [1.82, 2.24) is 0 Å². The second-order valence-corrected chi connectivity index (χ2v) is 14.2. The molecule has 9 aromatic carbocycles. The highest BCUT2D eigenvalue weighted by Gasteiger charge is 2.18. The molecule has 0 bridgehead atoms. The van der Waals surface area contributed by atoms with Crippen LogP contribution in [0, 0.1) is 13.8 Å². The Morgan fingerprint density at radius 2 is 0.537 bits per heavy atom. The average Bonchev–Trinajstić information content (AvgIpc) is 3.23. The minimum absolute atomic E-state index is 1.09. The highest BCUT2D eigenvalue weighted by Crippen LogP contribution is 2.44. The van der Waals surface area contributed by atoms with E-state index in [1.54, 1.807) is 0 Å². The molecule has 0 radical (unpaired) electrons. The number of benzene rings is 9. The van der Waals surface area contributed by atoms with Crippen molar-refractivity contribution in [1.29, 1.82) is 0 Å². The SMILES string of the molecule is C=Cc1c(-c2ccc(C)cc2)ccc(-c2ccc(-c3ccc(-c4ccc(-c5ccc(C)cc5)c5ccccc45)c4ccccc34)c3ccccc23)c1C=C. The van der Waals surface area contributed by atoms with Crippen LogP contribution < -0.4 is 0 Å². The molecule has 0 unspecified atom stereocenters. The lowest BCUT2D eigenvalue weighted by Gasteiger charge is -2.19. The minimum Gasteiger partial charge on any atom is -0.0984 e. The number of rotatable bonds is 7. The van der Waals surface area contributed by atoms with Crippen LogP contribution in [-0.2, 0) is 0 Å². The molecule has 0 spiro atoms. The lowest BCUT2D eigenvalue weighted by molar-refractivity contribution is 1.46. The summed E-state index contributed by atoms with van der Waals surface area (Å²) < 4.78 is 0. The molecule has 0 aliphatic carbocycles. The van der Waals surface area contributed by atoms with Crippen molar-refractivity contribution in [3.63, 3.8) is 0 Å². The Bertz CT molecular complexity index is 2900. The van der Waals surface area contributed by atoms with Gasteiger partial charge in [0, 0.05) is 0 Å². The molecule has 0 saturated heterocycles. The third kappa shape index (κ3) is 5.56. The molecule has 0 nitrogen and oxygen atoms in total. The Morgan fingerprint density at radius 3 is 0.907 bits per heavy atom. The van der Waals surface area contributed by atoms with Crippen LogP contribution in [0.5, 0.6) is 0 Å². The van der Waals surface area contributed by atoms with E-state index >= 15 is 0 Å². The summed E-state index contributed by atoms with van der Waals surface area (Å²) in [5.41, 5.74) is 16.8. The van der Waals surface area contributed by atoms with E-state index in [0.29, 0.717) is 0 Å². The lowest BCUT2D eigenvalue weighted by Crippen LogP contribution is -1.94. The molecular weight excluding hydrogens is 649 g/mol. The predicted octanol–water partition coefficient (Wildman–Crippen LogP) is 15.4. The number of hydrogen-bond donors (Lipinski definition) is 0. The second-order valence-electron chi connectivity index (χ2n) is 14.2. The van der Waals surface area contributed by atoms with Crippen LogP contribution in [0.2, 0.25) is 0 Å². The van der Waals surface area contributed by atoms with Gasteiger partial charge >= 0.3 is 0 Å². The van der Waals surface area contributed by atoms with Gasteiger partial charge in [-0.2, -0.15) is 0 Å². The monoisotopic (exact) mass is 688 g/mol. The van der Waals surface area contributed by atoms with E-state index in [-0.39, 0.29) is 0 Å². The molecule has 0 aliphatic heterocycles. The fourth-order valence-electron chi connectivity index (χ4n) is 8.35. The lowest BCUT2D eigenvalue weighted by atomic mass is 9.84. The first-order valence-electron chi connectivity index (χ1n) is 18.7. The maximum atomic E-state index is 4.28. The van der Waals surface area contributed by atoms with Crippen molar-refractivity contribution in [3.05, 3.63) is 205 Å². The summed E-state index contributed by atoms with van der Waals surface area (Å²) in [7, 11) is 0. The Kier molecular flexibility index (Phi) is 8.37. The zero-order valence-electron chi connectivity index (χ0n) is 30.7. The summed E-state index contributed by atoms with van der Waals surface area (Å²) in [5, 5.41) is 7.43. The van der Waals surface area contributed by atoms with Crippen LogP contribution in [0.25, 0.3) is 100 Å². The van der Waals surface area contributed by atoms with Gasteiger partial charge in [-0.05, 0) is 113 Å². The van der Waals surface area contributed by atoms with Crippen molar-refractivity contribution in [2.24, 2.45) is 0 Å². The average molecular weight is 689 g/mol. The molecule has 0 saturated carbocycles. The highest BCUT2D eigenvalue weighted by molar-refractivity contribution is 6.15. The molecule has 9 aromatic rings. The Hall–Kier alpha value is -6.76. The van der Waals surface area contributed by atoms with Crippen molar-refractivity contribution < 1.29 is 0 Å². The highest BCUT2D eigenvalue weighted by atomic mass is 14.2. The van der Waals surface area contributed by atoms with E-state index in [2.05, 4.69) is 197 Å². The van der Waals surface area contributed by atoms with E-state index < -0.39 is 0 Å². The normalized spacial score (nSPS) is 11.3. The maximum Gasteiger partial charge on any atom is -0.00987 e. The first-order chi connectivity index (χ1) is 26.5. The summed E-state index contributed by atoms with van der Waals surface area (Å²) in [6.45, 7) is 12.8. The molecule has 0 heterocycles. The van der Waals surface area contributed by atoms with Gasteiger partial charge in [0.2, 0.25) is 0 Å². The molecule has 0 aromatic heterocycles. The molecule has 0 heteroatoms. The Balaban J connectivity index is 1.20. The summed E-state index contributed by atoms with van der Waals surface area (Å²) in [6.07, 6.45) is 3.95. The van der Waals surface area contributed by atoms with Crippen molar-refractivity contribution in [2.75, 3.05) is 0 Å². The number of fused-ring (bicyclic) bond motifs is 3. The van der Waals surface area contributed by atoms with Crippen LogP contribution in [-0.4, -0.2) is 0 Å². The Morgan fingerprint density at radius 1 is 0.278 bits per heavy atom.